The number of carbonyl (C=O) groups is 3. The van der Waals surface area contributed by atoms with Gasteiger partial charge in [-0.3, -0.25) is 14.9 Å². The molecule has 1 aliphatic rings. The normalized spacial score (nSPS) is 16.4. The first-order chi connectivity index (χ1) is 15.7. The van der Waals surface area contributed by atoms with Crippen molar-refractivity contribution in [1.29, 1.82) is 0 Å². The molecule has 12 heteroatoms. The van der Waals surface area contributed by atoms with Crippen LogP contribution < -0.4 is 16.0 Å². The second-order valence-corrected chi connectivity index (χ2v) is 10.5. The lowest BCUT2D eigenvalue weighted by atomic mass is 10.1. The van der Waals surface area contributed by atoms with Crippen LogP contribution in [0.25, 0.3) is 0 Å². The number of benzene rings is 2. The first-order valence-electron chi connectivity index (χ1n) is 9.95. The largest absolute Gasteiger partial charge is 0.444 e. The van der Waals surface area contributed by atoms with Crippen LogP contribution in [-0.2, 0) is 9.53 Å². The van der Waals surface area contributed by atoms with Crippen LogP contribution >= 0.6 is 34.8 Å². The van der Waals surface area contributed by atoms with E-state index in [1.165, 1.54) is 18.2 Å². The Morgan fingerprint density at radius 1 is 1.06 bits per heavy atom. The molecule has 34 heavy (non-hydrogen) atoms. The maximum Gasteiger partial charge on any atom is 0.412 e. The summed E-state index contributed by atoms with van der Waals surface area (Å²) in [5.41, 5.74) is -1.97. The lowest BCUT2D eigenvalue weighted by Gasteiger charge is -2.20. The Kier molecular flexibility index (Phi) is 7.31. The van der Waals surface area contributed by atoms with Crippen molar-refractivity contribution in [2.45, 2.75) is 37.1 Å². The average Bonchev–Trinajstić information content (AvgIpc) is 3.35. The van der Waals surface area contributed by atoms with E-state index in [9.17, 15) is 23.2 Å². The van der Waals surface area contributed by atoms with Gasteiger partial charge in [0.05, 0.1) is 22.2 Å². The molecule has 3 N–H and O–H groups in total. The van der Waals surface area contributed by atoms with Gasteiger partial charge in [-0.1, -0.05) is 11.6 Å². The van der Waals surface area contributed by atoms with E-state index < -0.39 is 56.8 Å². The summed E-state index contributed by atoms with van der Waals surface area (Å²) in [4.78, 5) is 36.9. The number of rotatable bonds is 5. The molecule has 0 spiro atoms. The Morgan fingerprint density at radius 2 is 1.71 bits per heavy atom. The number of amides is 3. The molecular weight excluding hydrogens is 515 g/mol. The number of nitrogens with one attached hydrogen (secondary N) is 3. The Morgan fingerprint density at radius 3 is 2.29 bits per heavy atom. The monoisotopic (exact) mass is 533 g/mol. The molecule has 1 fully saturated rings. The van der Waals surface area contributed by atoms with Gasteiger partial charge >= 0.3 is 6.09 Å². The van der Waals surface area contributed by atoms with Gasteiger partial charge in [0, 0.05) is 5.69 Å². The third kappa shape index (κ3) is 6.28. The number of hydrogen-bond acceptors (Lipinski definition) is 4. The molecule has 7 nitrogen and oxygen atoms in total. The quantitative estimate of drug-likeness (QED) is 0.390. The molecule has 0 heterocycles. The van der Waals surface area contributed by atoms with Crippen LogP contribution in [0.2, 0.25) is 5.02 Å². The second-order valence-electron chi connectivity index (χ2n) is 8.57. The highest BCUT2D eigenvalue weighted by atomic mass is 35.5. The first kappa shape index (κ1) is 26.0. The van der Waals surface area contributed by atoms with E-state index in [1.54, 1.807) is 20.8 Å². The number of alkyl halides is 2. The van der Waals surface area contributed by atoms with Gasteiger partial charge in [-0.2, -0.15) is 0 Å². The van der Waals surface area contributed by atoms with Gasteiger partial charge in [0.1, 0.15) is 21.4 Å². The number of hydrogen-bond donors (Lipinski definition) is 3. The number of anilines is 3. The van der Waals surface area contributed by atoms with Gasteiger partial charge in [-0.15, -0.1) is 23.2 Å². The van der Waals surface area contributed by atoms with Crippen LogP contribution in [0.4, 0.5) is 30.6 Å². The van der Waals surface area contributed by atoms with Crippen molar-refractivity contribution in [3.05, 3.63) is 52.6 Å². The Balaban J connectivity index is 1.77. The van der Waals surface area contributed by atoms with E-state index >= 15 is 0 Å². The van der Waals surface area contributed by atoms with Crippen LogP contribution in [-0.4, -0.2) is 27.8 Å². The van der Waals surface area contributed by atoms with Crippen LogP contribution in [0.1, 0.15) is 37.6 Å². The smallest absolute Gasteiger partial charge is 0.412 e. The van der Waals surface area contributed by atoms with Crippen molar-refractivity contribution < 1.29 is 27.9 Å². The van der Waals surface area contributed by atoms with Crippen LogP contribution in [0.3, 0.4) is 0 Å². The van der Waals surface area contributed by atoms with Gasteiger partial charge in [-0.25, -0.2) is 13.6 Å². The maximum absolute atomic E-state index is 14.9. The molecule has 2 aromatic carbocycles. The van der Waals surface area contributed by atoms with Crippen molar-refractivity contribution in [3.8, 4) is 0 Å². The van der Waals surface area contributed by atoms with E-state index in [-0.39, 0.29) is 16.3 Å². The fraction of sp³-hybridized carbons (Fsp3) is 0.318. The predicted octanol–water partition coefficient (Wildman–Crippen LogP) is 6.35. The van der Waals surface area contributed by atoms with Crippen molar-refractivity contribution in [2.75, 3.05) is 16.0 Å². The van der Waals surface area contributed by atoms with Gasteiger partial charge in [0.15, 0.2) is 5.82 Å². The summed E-state index contributed by atoms with van der Waals surface area (Å²) in [6.07, 6.45) is -0.777. The molecule has 3 rings (SSSR count). The summed E-state index contributed by atoms with van der Waals surface area (Å²) < 4.78 is 32.9. The molecule has 0 saturated heterocycles. The van der Waals surface area contributed by atoms with Crippen LogP contribution in [0, 0.1) is 17.6 Å². The molecule has 1 atom stereocenters. The van der Waals surface area contributed by atoms with E-state index in [4.69, 9.17) is 39.5 Å². The van der Waals surface area contributed by atoms with Crippen LogP contribution in [0.15, 0.2) is 30.3 Å². The van der Waals surface area contributed by atoms with Crippen molar-refractivity contribution >= 4 is 69.8 Å². The van der Waals surface area contributed by atoms with Gasteiger partial charge in [0.2, 0.25) is 5.91 Å². The van der Waals surface area contributed by atoms with Gasteiger partial charge in [-0.05, 0) is 57.5 Å². The summed E-state index contributed by atoms with van der Waals surface area (Å²) in [5, 5.41) is 6.87. The highest BCUT2D eigenvalue weighted by Gasteiger charge is 2.56. The van der Waals surface area contributed by atoms with Crippen molar-refractivity contribution in [1.82, 2.24) is 0 Å². The van der Waals surface area contributed by atoms with Crippen molar-refractivity contribution in [3.63, 3.8) is 0 Å². The third-order valence-electron chi connectivity index (χ3n) is 4.59. The number of ether oxygens (including phenoxy) is 1. The molecule has 0 bridgehead atoms. The average molecular weight is 535 g/mol. The van der Waals surface area contributed by atoms with E-state index in [2.05, 4.69) is 10.6 Å². The number of carbonyl (C=O) groups excluding carboxylic acids is 3. The molecule has 1 unspecified atom stereocenters. The Hall–Kier alpha value is -2.62. The van der Waals surface area contributed by atoms with Gasteiger partial charge < -0.3 is 15.4 Å². The molecule has 1 aliphatic carbocycles. The Bertz CT molecular complexity index is 1170. The van der Waals surface area contributed by atoms with Crippen molar-refractivity contribution in [2.24, 2.45) is 5.92 Å². The highest BCUT2D eigenvalue weighted by molar-refractivity contribution is 6.52. The zero-order chi connectivity index (χ0) is 25.4. The lowest BCUT2D eigenvalue weighted by Crippen LogP contribution is -2.28. The molecule has 0 radical (unpaired) electrons. The zero-order valence-electron chi connectivity index (χ0n) is 18.2. The topological polar surface area (TPSA) is 96.5 Å². The van der Waals surface area contributed by atoms with E-state index in [0.717, 1.165) is 12.1 Å². The molecular formula is C22H20Cl3F2N3O4. The first-order valence-corrected chi connectivity index (χ1v) is 11.1. The second kappa shape index (κ2) is 9.56. The molecule has 2 aromatic rings. The minimum absolute atomic E-state index is 0.0144. The fourth-order valence-electron chi connectivity index (χ4n) is 2.86. The summed E-state index contributed by atoms with van der Waals surface area (Å²) in [6.45, 7) is 4.76. The summed E-state index contributed by atoms with van der Waals surface area (Å²) in [5.74, 6) is -4.16. The molecule has 0 aromatic heterocycles. The summed E-state index contributed by atoms with van der Waals surface area (Å²) in [6, 6.07) is 5.96. The Labute approximate surface area is 209 Å². The van der Waals surface area contributed by atoms with Gasteiger partial charge in [0.25, 0.3) is 5.91 Å². The predicted molar refractivity (Wildman–Crippen MR) is 127 cm³/mol. The molecule has 0 aliphatic heterocycles. The number of halogens is 5. The summed E-state index contributed by atoms with van der Waals surface area (Å²) >= 11 is 17.9. The molecule has 3 amide bonds. The lowest BCUT2D eigenvalue weighted by molar-refractivity contribution is -0.117. The van der Waals surface area contributed by atoms with Crippen LogP contribution in [0.5, 0.6) is 0 Å². The fourth-order valence-corrected chi connectivity index (χ4v) is 3.57. The minimum Gasteiger partial charge on any atom is -0.444 e. The minimum atomic E-state index is -1.23. The maximum atomic E-state index is 14.9. The van der Waals surface area contributed by atoms with E-state index in [0.29, 0.717) is 6.42 Å². The summed E-state index contributed by atoms with van der Waals surface area (Å²) in [7, 11) is 0. The molecule has 182 valence electrons. The van der Waals surface area contributed by atoms with E-state index in [1.807, 2.05) is 5.32 Å². The molecule has 1 saturated carbocycles. The third-order valence-corrected chi connectivity index (χ3v) is 5.75. The zero-order valence-corrected chi connectivity index (χ0v) is 20.5. The SMILES string of the molecule is CC(C)(C)OC(=O)Nc1c(F)ccc(NC(=O)c2cc(NC(=O)C3CC3(Cl)Cl)ccc2Cl)c1F. The highest BCUT2D eigenvalue weighted by Crippen LogP contribution is 2.53. The standard InChI is InChI=1S/C22H20Cl3F2N3O4/c1-21(2,3)34-20(33)30-17-14(26)6-7-15(16(17)27)29-18(31)11-8-10(4-5-13(11)23)28-19(32)12-9-22(12,24)25/h4-8,12H,9H2,1-3H3,(H,28,32)(H,29,31)(H,30,33).